The van der Waals surface area contributed by atoms with Crippen molar-refractivity contribution < 1.29 is 9.47 Å². The van der Waals surface area contributed by atoms with Gasteiger partial charge < -0.3 is 15.2 Å². The van der Waals surface area contributed by atoms with Crippen molar-refractivity contribution in [3.63, 3.8) is 0 Å². The van der Waals surface area contributed by atoms with E-state index in [1.54, 1.807) is 0 Å². The van der Waals surface area contributed by atoms with Crippen LogP contribution in [0.4, 0.5) is 0 Å². The molecule has 2 aromatic rings. The van der Waals surface area contributed by atoms with Gasteiger partial charge in [-0.3, -0.25) is 0 Å². The van der Waals surface area contributed by atoms with Gasteiger partial charge in [-0.15, -0.1) is 0 Å². The molecule has 0 fully saturated rings. The molecule has 0 aliphatic carbocycles. The van der Waals surface area contributed by atoms with Crippen LogP contribution in [0.25, 0.3) is 0 Å². The van der Waals surface area contributed by atoms with E-state index < -0.39 is 0 Å². The van der Waals surface area contributed by atoms with Crippen LogP contribution in [0, 0.1) is 0 Å². The van der Waals surface area contributed by atoms with E-state index in [1.165, 1.54) is 11.1 Å². The molecule has 0 aromatic heterocycles. The van der Waals surface area contributed by atoms with Gasteiger partial charge in [0, 0.05) is 6.42 Å². The molecule has 0 atom stereocenters. The zero-order valence-corrected chi connectivity index (χ0v) is 13.3. The number of rotatable bonds is 9. The average molecular weight is 299 g/mol. The number of ether oxygens (including phenoxy) is 2. The van der Waals surface area contributed by atoms with Crippen LogP contribution in [-0.4, -0.2) is 19.8 Å². The molecule has 3 heteroatoms. The Kier molecular flexibility index (Phi) is 6.78. The predicted octanol–water partition coefficient (Wildman–Crippen LogP) is 3.60. The fourth-order valence-corrected chi connectivity index (χ4v) is 2.18. The second-order valence-corrected chi connectivity index (χ2v) is 5.23. The van der Waals surface area contributed by atoms with Gasteiger partial charge in [-0.1, -0.05) is 31.2 Å². The molecule has 0 spiro atoms. The molecular weight excluding hydrogens is 274 g/mol. The fourth-order valence-electron chi connectivity index (χ4n) is 2.18. The molecule has 2 N–H and O–H groups in total. The van der Waals surface area contributed by atoms with Gasteiger partial charge >= 0.3 is 0 Å². The second-order valence-electron chi connectivity index (χ2n) is 5.23. The Bertz CT molecular complexity index is 534. The van der Waals surface area contributed by atoms with Gasteiger partial charge in [-0.05, 0) is 54.8 Å². The number of hydrogen-bond acceptors (Lipinski definition) is 3. The minimum atomic E-state index is 0.656. The van der Waals surface area contributed by atoms with Crippen molar-refractivity contribution in [2.75, 3.05) is 19.8 Å². The molecule has 0 aliphatic rings. The van der Waals surface area contributed by atoms with Gasteiger partial charge in [0.25, 0.3) is 0 Å². The molecule has 2 rings (SSSR count). The van der Waals surface area contributed by atoms with Crippen molar-refractivity contribution in [2.45, 2.75) is 26.2 Å². The molecule has 0 amide bonds. The predicted molar refractivity (Wildman–Crippen MR) is 90.6 cm³/mol. The minimum absolute atomic E-state index is 0.656. The van der Waals surface area contributed by atoms with E-state index >= 15 is 0 Å². The third-order valence-electron chi connectivity index (χ3n) is 3.51. The van der Waals surface area contributed by atoms with Crippen LogP contribution in [0.2, 0.25) is 0 Å². The Balaban J connectivity index is 1.64. The van der Waals surface area contributed by atoms with Crippen molar-refractivity contribution in [3.8, 4) is 11.5 Å². The summed E-state index contributed by atoms with van der Waals surface area (Å²) < 4.78 is 11.4. The summed E-state index contributed by atoms with van der Waals surface area (Å²) >= 11 is 0. The zero-order chi connectivity index (χ0) is 15.6. The number of benzene rings is 2. The molecule has 0 radical (unpaired) electrons. The third kappa shape index (κ3) is 5.41. The summed E-state index contributed by atoms with van der Waals surface area (Å²) in [5, 5.41) is 0. The molecule has 22 heavy (non-hydrogen) atoms. The summed E-state index contributed by atoms with van der Waals surface area (Å²) in [7, 11) is 0. The lowest BCUT2D eigenvalue weighted by atomic mass is 10.1. The SMILES string of the molecule is CCc1ccc(OCCCOc2ccc(CCN)cc2)cc1. The molecular formula is C19H25NO2. The van der Waals surface area contributed by atoms with E-state index in [0.29, 0.717) is 19.8 Å². The summed E-state index contributed by atoms with van der Waals surface area (Å²) in [6, 6.07) is 16.4. The van der Waals surface area contributed by atoms with Crippen LogP contribution in [0.15, 0.2) is 48.5 Å². The summed E-state index contributed by atoms with van der Waals surface area (Å²) in [6.07, 6.45) is 2.82. The first-order chi connectivity index (χ1) is 10.8. The molecule has 118 valence electrons. The van der Waals surface area contributed by atoms with Gasteiger partial charge in [-0.2, -0.15) is 0 Å². The van der Waals surface area contributed by atoms with Gasteiger partial charge in [0.15, 0.2) is 0 Å². The Hall–Kier alpha value is -2.00. The van der Waals surface area contributed by atoms with Gasteiger partial charge in [0.2, 0.25) is 0 Å². The van der Waals surface area contributed by atoms with Crippen LogP contribution in [-0.2, 0) is 12.8 Å². The lowest BCUT2D eigenvalue weighted by molar-refractivity contribution is 0.247. The van der Waals surface area contributed by atoms with Crippen LogP contribution >= 0.6 is 0 Å². The highest BCUT2D eigenvalue weighted by atomic mass is 16.5. The van der Waals surface area contributed by atoms with E-state index in [1.807, 2.05) is 24.3 Å². The number of hydrogen-bond donors (Lipinski definition) is 1. The first-order valence-electron chi connectivity index (χ1n) is 7.95. The standard InChI is InChI=1S/C19H25NO2/c1-2-16-4-8-18(9-5-16)21-14-3-15-22-19-10-6-17(7-11-19)12-13-20/h4-11H,2-3,12-15,20H2,1H3. The maximum atomic E-state index is 5.70. The Morgan fingerprint density at radius 3 is 1.73 bits per heavy atom. The summed E-state index contributed by atoms with van der Waals surface area (Å²) in [5.74, 6) is 1.82. The summed E-state index contributed by atoms with van der Waals surface area (Å²) in [6.45, 7) is 4.15. The topological polar surface area (TPSA) is 44.5 Å². The molecule has 0 bridgehead atoms. The summed E-state index contributed by atoms with van der Waals surface area (Å²) in [5.41, 5.74) is 8.10. The highest BCUT2D eigenvalue weighted by molar-refractivity contribution is 5.28. The highest BCUT2D eigenvalue weighted by Crippen LogP contribution is 2.14. The smallest absolute Gasteiger partial charge is 0.119 e. The van der Waals surface area contributed by atoms with Crippen molar-refractivity contribution in [1.29, 1.82) is 0 Å². The lowest BCUT2D eigenvalue weighted by Crippen LogP contribution is -2.05. The summed E-state index contributed by atoms with van der Waals surface area (Å²) in [4.78, 5) is 0. The quantitative estimate of drug-likeness (QED) is 0.720. The zero-order valence-electron chi connectivity index (χ0n) is 13.3. The number of nitrogens with two attached hydrogens (primary N) is 1. The van der Waals surface area contributed by atoms with Crippen LogP contribution < -0.4 is 15.2 Å². The van der Waals surface area contributed by atoms with Crippen molar-refractivity contribution >= 4 is 0 Å². The molecule has 0 saturated heterocycles. The first-order valence-corrected chi connectivity index (χ1v) is 7.95. The normalized spacial score (nSPS) is 10.5. The molecule has 0 unspecified atom stereocenters. The molecule has 0 aliphatic heterocycles. The van der Waals surface area contributed by atoms with E-state index in [2.05, 4.69) is 31.2 Å². The number of aryl methyl sites for hydroxylation is 1. The highest BCUT2D eigenvalue weighted by Gasteiger charge is 1.97. The van der Waals surface area contributed by atoms with Gasteiger partial charge in [-0.25, -0.2) is 0 Å². The van der Waals surface area contributed by atoms with E-state index in [-0.39, 0.29) is 0 Å². The fraction of sp³-hybridized carbons (Fsp3) is 0.368. The minimum Gasteiger partial charge on any atom is -0.493 e. The Morgan fingerprint density at radius 2 is 1.27 bits per heavy atom. The molecule has 0 saturated carbocycles. The van der Waals surface area contributed by atoms with Gasteiger partial charge in [0.05, 0.1) is 13.2 Å². The van der Waals surface area contributed by atoms with E-state index in [0.717, 1.165) is 30.8 Å². The van der Waals surface area contributed by atoms with Crippen molar-refractivity contribution in [1.82, 2.24) is 0 Å². The Morgan fingerprint density at radius 1 is 0.773 bits per heavy atom. The van der Waals surface area contributed by atoms with Crippen LogP contribution in [0.3, 0.4) is 0 Å². The van der Waals surface area contributed by atoms with Gasteiger partial charge in [0.1, 0.15) is 11.5 Å². The molecule has 0 heterocycles. The largest absolute Gasteiger partial charge is 0.493 e. The van der Waals surface area contributed by atoms with Crippen molar-refractivity contribution in [2.24, 2.45) is 5.73 Å². The van der Waals surface area contributed by atoms with E-state index in [9.17, 15) is 0 Å². The maximum absolute atomic E-state index is 5.70. The van der Waals surface area contributed by atoms with E-state index in [4.69, 9.17) is 15.2 Å². The third-order valence-corrected chi connectivity index (χ3v) is 3.51. The van der Waals surface area contributed by atoms with Crippen LogP contribution in [0.5, 0.6) is 11.5 Å². The molecule has 2 aromatic carbocycles. The monoisotopic (exact) mass is 299 g/mol. The lowest BCUT2D eigenvalue weighted by Gasteiger charge is -2.09. The molecule has 3 nitrogen and oxygen atoms in total. The first kappa shape index (κ1) is 16.4. The Labute approximate surface area is 133 Å². The van der Waals surface area contributed by atoms with Crippen molar-refractivity contribution in [3.05, 3.63) is 59.7 Å². The maximum Gasteiger partial charge on any atom is 0.119 e. The van der Waals surface area contributed by atoms with Crippen LogP contribution in [0.1, 0.15) is 24.5 Å². The average Bonchev–Trinajstić information content (AvgIpc) is 2.57. The second kappa shape index (κ2) is 9.11.